The zero-order chi connectivity index (χ0) is 14.8. The van der Waals surface area contributed by atoms with Gasteiger partial charge in [-0.05, 0) is 54.2 Å². The highest BCUT2D eigenvalue weighted by Crippen LogP contribution is 2.26. The van der Waals surface area contributed by atoms with Crippen molar-refractivity contribution in [1.82, 2.24) is 0 Å². The number of hydrogen-bond donors (Lipinski definition) is 1. The second-order valence-corrected chi connectivity index (χ2v) is 6.18. The molecule has 0 atom stereocenters. The van der Waals surface area contributed by atoms with Crippen molar-refractivity contribution in [3.63, 3.8) is 0 Å². The molecule has 0 spiro atoms. The summed E-state index contributed by atoms with van der Waals surface area (Å²) in [5, 5.41) is 14.2. The molecule has 0 unspecified atom stereocenters. The summed E-state index contributed by atoms with van der Waals surface area (Å²) in [6, 6.07) is 11.5. The van der Waals surface area contributed by atoms with Crippen LogP contribution in [0.15, 0.2) is 40.9 Å². The first-order chi connectivity index (χ1) is 10.1. The molecule has 0 radical (unpaired) electrons. The molecular weight excluding hydrogens is 332 g/mol. The lowest BCUT2D eigenvalue weighted by Gasteiger charge is -2.09. The lowest BCUT2D eigenvalue weighted by Crippen LogP contribution is -2.01. The highest BCUT2D eigenvalue weighted by Gasteiger charge is 2.11. The number of benzene rings is 2. The van der Waals surface area contributed by atoms with Crippen molar-refractivity contribution in [3.05, 3.63) is 67.7 Å². The Kier molecular flexibility index (Phi) is 3.92. The minimum atomic E-state index is -0.371. The summed E-state index contributed by atoms with van der Waals surface area (Å²) >= 11 is 3.32. The zero-order valence-electron chi connectivity index (χ0n) is 11.4. The van der Waals surface area contributed by atoms with Crippen LogP contribution in [0.2, 0.25) is 0 Å². The Morgan fingerprint density at radius 2 is 1.95 bits per heavy atom. The number of nitrogens with one attached hydrogen (secondary N) is 1. The number of non-ortho nitro benzene ring substituents is 1. The summed E-state index contributed by atoms with van der Waals surface area (Å²) in [5.74, 6) is 0. The summed E-state index contributed by atoms with van der Waals surface area (Å²) < 4.78 is 0.724. The first-order valence-electron chi connectivity index (χ1n) is 6.91. The Hall–Kier alpha value is -1.88. The number of nitro benzene ring substituents is 1. The molecule has 0 saturated heterocycles. The topological polar surface area (TPSA) is 55.2 Å². The Labute approximate surface area is 131 Å². The highest BCUT2D eigenvalue weighted by molar-refractivity contribution is 9.10. The Balaban J connectivity index is 1.74. The van der Waals surface area contributed by atoms with E-state index in [1.165, 1.54) is 30.0 Å². The van der Waals surface area contributed by atoms with E-state index in [-0.39, 0.29) is 10.6 Å². The largest absolute Gasteiger partial charge is 0.381 e. The number of anilines is 1. The average Bonchev–Trinajstić information content (AvgIpc) is 2.92. The predicted octanol–water partition coefficient (Wildman–Crippen LogP) is 4.46. The highest BCUT2D eigenvalue weighted by atomic mass is 79.9. The smallest absolute Gasteiger partial charge is 0.270 e. The number of halogens is 1. The maximum absolute atomic E-state index is 10.9. The monoisotopic (exact) mass is 346 g/mol. The van der Waals surface area contributed by atoms with Gasteiger partial charge in [-0.2, -0.15) is 0 Å². The third-order valence-corrected chi connectivity index (χ3v) is 4.21. The molecule has 108 valence electrons. The van der Waals surface area contributed by atoms with E-state index in [1.54, 1.807) is 6.07 Å². The third-order valence-electron chi connectivity index (χ3n) is 3.75. The minimum Gasteiger partial charge on any atom is -0.381 e. The molecule has 21 heavy (non-hydrogen) atoms. The van der Waals surface area contributed by atoms with Crippen molar-refractivity contribution in [1.29, 1.82) is 0 Å². The average molecular weight is 347 g/mol. The molecule has 0 aromatic heterocycles. The molecule has 2 aromatic rings. The van der Waals surface area contributed by atoms with Gasteiger partial charge in [0.05, 0.1) is 4.92 Å². The first-order valence-corrected chi connectivity index (χ1v) is 7.71. The quantitative estimate of drug-likeness (QED) is 0.656. The van der Waals surface area contributed by atoms with E-state index in [2.05, 4.69) is 39.4 Å². The number of nitro groups is 1. The lowest BCUT2D eigenvalue weighted by atomic mass is 10.1. The normalized spacial score (nSPS) is 13.0. The second kappa shape index (κ2) is 5.85. The standard InChI is InChI=1S/C16H15BrN2O2/c17-14-6-11(7-16(9-14)19(20)21)10-18-15-5-4-12-2-1-3-13(12)8-15/h4-9,18H,1-3,10H2. The van der Waals surface area contributed by atoms with Gasteiger partial charge in [0.25, 0.3) is 5.69 Å². The summed E-state index contributed by atoms with van der Waals surface area (Å²) in [7, 11) is 0. The summed E-state index contributed by atoms with van der Waals surface area (Å²) in [6.07, 6.45) is 3.55. The van der Waals surface area contributed by atoms with Crippen molar-refractivity contribution in [2.75, 3.05) is 5.32 Å². The third kappa shape index (κ3) is 3.24. The van der Waals surface area contributed by atoms with E-state index in [0.29, 0.717) is 6.54 Å². The van der Waals surface area contributed by atoms with E-state index in [0.717, 1.165) is 22.1 Å². The van der Waals surface area contributed by atoms with Crippen LogP contribution in [0.25, 0.3) is 0 Å². The predicted molar refractivity (Wildman–Crippen MR) is 86.6 cm³/mol. The second-order valence-electron chi connectivity index (χ2n) is 5.27. The SMILES string of the molecule is O=[N+]([O-])c1cc(Br)cc(CNc2ccc3c(c2)CCC3)c1. The molecule has 3 rings (SSSR count). The van der Waals surface area contributed by atoms with Crippen LogP contribution in [0.1, 0.15) is 23.1 Å². The first kappa shape index (κ1) is 14.1. The van der Waals surface area contributed by atoms with Crippen molar-refractivity contribution in [2.24, 2.45) is 0 Å². The van der Waals surface area contributed by atoms with Crippen molar-refractivity contribution in [3.8, 4) is 0 Å². The van der Waals surface area contributed by atoms with Gasteiger partial charge in [0.1, 0.15) is 0 Å². The van der Waals surface area contributed by atoms with Crippen LogP contribution in [0, 0.1) is 10.1 Å². The molecule has 2 aromatic carbocycles. The summed E-state index contributed by atoms with van der Waals surface area (Å²) in [4.78, 5) is 10.5. The fourth-order valence-electron chi connectivity index (χ4n) is 2.73. The number of nitrogens with zero attached hydrogens (tertiary/aromatic N) is 1. The summed E-state index contributed by atoms with van der Waals surface area (Å²) in [6.45, 7) is 0.569. The van der Waals surface area contributed by atoms with Gasteiger partial charge in [-0.1, -0.05) is 22.0 Å². The molecule has 1 N–H and O–H groups in total. The molecular formula is C16H15BrN2O2. The van der Waals surface area contributed by atoms with E-state index in [4.69, 9.17) is 0 Å². The summed E-state index contributed by atoms with van der Waals surface area (Å²) in [5.41, 5.74) is 4.92. The van der Waals surface area contributed by atoms with Crippen LogP contribution in [-0.2, 0) is 19.4 Å². The van der Waals surface area contributed by atoms with Crippen molar-refractivity contribution in [2.45, 2.75) is 25.8 Å². The van der Waals surface area contributed by atoms with Gasteiger partial charge in [-0.3, -0.25) is 10.1 Å². The fraction of sp³-hybridized carbons (Fsp3) is 0.250. The van der Waals surface area contributed by atoms with Crippen molar-refractivity contribution >= 4 is 27.3 Å². The van der Waals surface area contributed by atoms with Gasteiger partial charge >= 0.3 is 0 Å². The van der Waals surface area contributed by atoms with Gasteiger partial charge in [0.2, 0.25) is 0 Å². The molecule has 1 aliphatic carbocycles. The zero-order valence-corrected chi connectivity index (χ0v) is 13.0. The molecule has 1 aliphatic rings. The van der Waals surface area contributed by atoms with Crippen LogP contribution in [0.3, 0.4) is 0 Å². The van der Waals surface area contributed by atoms with Gasteiger partial charge in [0, 0.05) is 28.8 Å². The molecule has 5 heteroatoms. The van der Waals surface area contributed by atoms with Crippen molar-refractivity contribution < 1.29 is 4.92 Å². The molecule has 0 amide bonds. The van der Waals surface area contributed by atoms with Crippen LogP contribution < -0.4 is 5.32 Å². The molecule has 0 saturated carbocycles. The van der Waals surface area contributed by atoms with Gasteiger partial charge in [0.15, 0.2) is 0 Å². The maximum atomic E-state index is 10.9. The van der Waals surface area contributed by atoms with Gasteiger partial charge in [-0.15, -0.1) is 0 Å². The molecule has 0 aliphatic heterocycles. The number of hydrogen-bond acceptors (Lipinski definition) is 3. The number of rotatable bonds is 4. The molecule has 0 heterocycles. The fourth-order valence-corrected chi connectivity index (χ4v) is 3.26. The number of fused-ring (bicyclic) bond motifs is 1. The maximum Gasteiger partial charge on any atom is 0.270 e. The lowest BCUT2D eigenvalue weighted by molar-refractivity contribution is -0.385. The molecule has 0 fully saturated rings. The van der Waals surface area contributed by atoms with E-state index in [1.807, 2.05) is 6.07 Å². The Morgan fingerprint density at radius 3 is 2.76 bits per heavy atom. The minimum absolute atomic E-state index is 0.107. The molecule has 0 bridgehead atoms. The van der Waals surface area contributed by atoms with E-state index < -0.39 is 0 Å². The van der Waals surface area contributed by atoms with Crippen LogP contribution in [0.5, 0.6) is 0 Å². The Bertz CT molecular complexity index is 701. The Morgan fingerprint density at radius 1 is 1.14 bits per heavy atom. The van der Waals surface area contributed by atoms with Gasteiger partial charge in [-0.25, -0.2) is 0 Å². The van der Waals surface area contributed by atoms with Crippen LogP contribution in [-0.4, -0.2) is 4.92 Å². The van der Waals surface area contributed by atoms with Gasteiger partial charge < -0.3 is 5.32 Å². The van der Waals surface area contributed by atoms with Crippen LogP contribution >= 0.6 is 15.9 Å². The number of aryl methyl sites for hydroxylation is 2. The van der Waals surface area contributed by atoms with Crippen LogP contribution in [0.4, 0.5) is 11.4 Å². The van der Waals surface area contributed by atoms with E-state index in [9.17, 15) is 10.1 Å². The van der Waals surface area contributed by atoms with E-state index >= 15 is 0 Å². The molecule has 4 nitrogen and oxygen atoms in total.